The van der Waals surface area contributed by atoms with Gasteiger partial charge in [0.1, 0.15) is 5.75 Å². The monoisotopic (exact) mass is 481 g/mol. The molecule has 1 aliphatic rings. The molecular formula is C25H27N3O5S. The number of carbonyl (C=O) groups is 1. The number of piperidine rings is 1. The first-order valence-electron chi connectivity index (χ1n) is 11.1. The average Bonchev–Trinajstić information content (AvgIpc) is 2.89. The number of nitrogens with one attached hydrogen (secondary N) is 2. The second kappa shape index (κ2) is 10.3. The fourth-order valence-corrected chi connectivity index (χ4v) is 6.17. The summed E-state index contributed by atoms with van der Waals surface area (Å²) in [6.45, 7) is 1.16. The summed E-state index contributed by atoms with van der Waals surface area (Å²) in [6.07, 6.45) is 2.60. The Balaban J connectivity index is 1.42. The zero-order valence-electron chi connectivity index (χ0n) is 18.6. The van der Waals surface area contributed by atoms with Crippen molar-refractivity contribution in [1.82, 2.24) is 15.8 Å². The van der Waals surface area contributed by atoms with E-state index in [1.807, 2.05) is 36.4 Å². The van der Waals surface area contributed by atoms with Gasteiger partial charge in [0.15, 0.2) is 14.6 Å². The number of hydroxylamine groups is 1. The molecular weight excluding hydrogens is 454 g/mol. The first kappa shape index (κ1) is 23.9. The number of sulfone groups is 1. The van der Waals surface area contributed by atoms with Crippen LogP contribution in [0.3, 0.4) is 0 Å². The molecule has 1 saturated heterocycles. The molecule has 2 heterocycles. The van der Waals surface area contributed by atoms with E-state index in [9.17, 15) is 18.4 Å². The first-order chi connectivity index (χ1) is 16.5. The largest absolute Gasteiger partial charge is 0.493 e. The van der Waals surface area contributed by atoms with Crippen molar-refractivity contribution >= 4 is 15.7 Å². The first-order valence-corrected chi connectivity index (χ1v) is 12.6. The zero-order valence-corrected chi connectivity index (χ0v) is 19.4. The van der Waals surface area contributed by atoms with Crippen molar-refractivity contribution in [2.75, 3.05) is 19.7 Å². The number of benzene rings is 2. The van der Waals surface area contributed by atoms with Gasteiger partial charge in [0, 0.05) is 18.2 Å². The number of aromatic nitrogens is 1. The van der Waals surface area contributed by atoms with E-state index in [1.165, 1.54) is 12.1 Å². The van der Waals surface area contributed by atoms with Crippen molar-refractivity contribution in [2.24, 2.45) is 0 Å². The van der Waals surface area contributed by atoms with E-state index >= 15 is 0 Å². The second-order valence-corrected chi connectivity index (χ2v) is 10.4. The highest BCUT2D eigenvalue weighted by Gasteiger charge is 2.51. The van der Waals surface area contributed by atoms with Crippen LogP contribution in [0.1, 0.15) is 18.4 Å². The van der Waals surface area contributed by atoms with E-state index in [1.54, 1.807) is 23.8 Å². The van der Waals surface area contributed by atoms with Gasteiger partial charge in [-0.25, -0.2) is 13.9 Å². The van der Waals surface area contributed by atoms with E-state index in [0.29, 0.717) is 31.9 Å². The highest BCUT2D eigenvalue weighted by atomic mass is 32.2. The molecule has 1 aliphatic heterocycles. The quantitative estimate of drug-likeness (QED) is 0.334. The molecule has 2 aromatic carbocycles. The smallest absolute Gasteiger partial charge is 0.265 e. The molecule has 0 atom stereocenters. The third kappa shape index (κ3) is 4.82. The van der Waals surface area contributed by atoms with Crippen LogP contribution in [0, 0.1) is 0 Å². The van der Waals surface area contributed by atoms with E-state index in [0.717, 1.165) is 16.8 Å². The Kier molecular flexibility index (Phi) is 7.26. The molecule has 1 amide bonds. The Morgan fingerprint density at radius 2 is 1.82 bits per heavy atom. The van der Waals surface area contributed by atoms with Crippen molar-refractivity contribution in [1.29, 1.82) is 0 Å². The topological polar surface area (TPSA) is 118 Å². The molecule has 8 nitrogen and oxygen atoms in total. The minimum absolute atomic E-state index is 0.0217. The SMILES string of the molecule is O=C(NO)C1(S(=O)(=O)c2ccc(OCCc3cccc(-c4ccccn4)c3)cc2)CCNCC1. The van der Waals surface area contributed by atoms with Crippen LogP contribution in [0.15, 0.2) is 77.8 Å². The minimum atomic E-state index is -4.02. The van der Waals surface area contributed by atoms with Gasteiger partial charge in [0.25, 0.3) is 5.91 Å². The van der Waals surface area contributed by atoms with Crippen LogP contribution < -0.4 is 15.5 Å². The normalized spacial score (nSPS) is 15.4. The zero-order chi connectivity index (χ0) is 24.0. The van der Waals surface area contributed by atoms with Gasteiger partial charge in [-0.05, 0) is 74.0 Å². The summed E-state index contributed by atoms with van der Waals surface area (Å²) in [5.41, 5.74) is 4.59. The van der Waals surface area contributed by atoms with Crippen LogP contribution in [0.4, 0.5) is 0 Å². The minimum Gasteiger partial charge on any atom is -0.493 e. The maximum absolute atomic E-state index is 13.3. The maximum atomic E-state index is 13.3. The number of rotatable bonds is 8. The predicted octanol–water partition coefficient (Wildman–Crippen LogP) is 2.77. The Morgan fingerprint density at radius 1 is 1.06 bits per heavy atom. The number of carbonyl (C=O) groups excluding carboxylic acids is 1. The Morgan fingerprint density at radius 3 is 2.50 bits per heavy atom. The number of amides is 1. The molecule has 3 aromatic rings. The fourth-order valence-electron chi connectivity index (χ4n) is 4.20. The van der Waals surface area contributed by atoms with E-state index < -0.39 is 20.5 Å². The van der Waals surface area contributed by atoms with E-state index in [-0.39, 0.29) is 17.7 Å². The van der Waals surface area contributed by atoms with Crippen molar-refractivity contribution in [2.45, 2.75) is 28.9 Å². The van der Waals surface area contributed by atoms with Gasteiger partial charge < -0.3 is 10.1 Å². The summed E-state index contributed by atoms with van der Waals surface area (Å²) in [4.78, 5) is 16.8. The van der Waals surface area contributed by atoms with Crippen LogP contribution in [0.5, 0.6) is 5.75 Å². The predicted molar refractivity (Wildman–Crippen MR) is 127 cm³/mol. The van der Waals surface area contributed by atoms with Crippen LogP contribution in [-0.2, 0) is 21.1 Å². The Bertz CT molecular complexity index is 1220. The standard InChI is InChI=1S/C25H27N3O5S/c29-24(28-30)25(12-15-26-16-13-25)34(31,32)22-9-7-21(8-10-22)33-17-11-19-4-3-5-20(18-19)23-6-1-2-14-27-23/h1-10,14,18,26,30H,11-13,15-17H2,(H,28,29). The van der Waals surface area contributed by atoms with Gasteiger partial charge in [-0.2, -0.15) is 0 Å². The summed E-state index contributed by atoms with van der Waals surface area (Å²) in [5.74, 6) is -0.368. The molecule has 4 rings (SSSR count). The molecule has 3 N–H and O–H groups in total. The highest BCUT2D eigenvalue weighted by Crippen LogP contribution is 2.34. The lowest BCUT2D eigenvalue weighted by atomic mass is 9.96. The Hall–Kier alpha value is -3.27. The van der Waals surface area contributed by atoms with Crippen LogP contribution in [0.25, 0.3) is 11.3 Å². The van der Waals surface area contributed by atoms with Gasteiger partial charge in [-0.1, -0.05) is 24.3 Å². The summed E-state index contributed by atoms with van der Waals surface area (Å²) in [6, 6.07) is 19.9. The van der Waals surface area contributed by atoms with Crippen LogP contribution in [-0.4, -0.2) is 49.0 Å². The van der Waals surface area contributed by atoms with E-state index in [2.05, 4.69) is 16.4 Å². The molecule has 1 aromatic heterocycles. The van der Waals surface area contributed by atoms with Crippen molar-refractivity contribution < 1.29 is 23.2 Å². The molecule has 0 aliphatic carbocycles. The molecule has 178 valence electrons. The lowest BCUT2D eigenvalue weighted by molar-refractivity contribution is -0.132. The molecule has 0 spiro atoms. The summed E-state index contributed by atoms with van der Waals surface area (Å²) < 4.78 is 30.8. The van der Waals surface area contributed by atoms with Crippen molar-refractivity contribution in [3.05, 3.63) is 78.5 Å². The summed E-state index contributed by atoms with van der Waals surface area (Å²) >= 11 is 0. The number of hydrogen-bond acceptors (Lipinski definition) is 7. The van der Waals surface area contributed by atoms with Gasteiger partial charge in [-0.15, -0.1) is 0 Å². The molecule has 0 radical (unpaired) electrons. The number of pyridine rings is 1. The van der Waals surface area contributed by atoms with Crippen molar-refractivity contribution in [3.8, 4) is 17.0 Å². The number of ether oxygens (including phenoxy) is 1. The van der Waals surface area contributed by atoms with Gasteiger partial charge in [0.2, 0.25) is 0 Å². The third-order valence-corrected chi connectivity index (χ3v) is 8.64. The third-order valence-electron chi connectivity index (χ3n) is 6.12. The van der Waals surface area contributed by atoms with Gasteiger partial charge in [-0.3, -0.25) is 15.0 Å². The van der Waals surface area contributed by atoms with Crippen molar-refractivity contribution in [3.63, 3.8) is 0 Å². The average molecular weight is 482 g/mol. The highest BCUT2D eigenvalue weighted by molar-refractivity contribution is 7.93. The summed E-state index contributed by atoms with van der Waals surface area (Å²) in [7, 11) is -4.02. The van der Waals surface area contributed by atoms with Gasteiger partial charge >= 0.3 is 0 Å². The second-order valence-electron chi connectivity index (χ2n) is 8.17. The van der Waals surface area contributed by atoms with E-state index in [4.69, 9.17) is 4.74 Å². The molecule has 0 unspecified atom stereocenters. The number of hydrogen-bond donors (Lipinski definition) is 3. The molecule has 9 heteroatoms. The maximum Gasteiger partial charge on any atom is 0.265 e. The van der Waals surface area contributed by atoms with Crippen LogP contribution >= 0.6 is 0 Å². The molecule has 34 heavy (non-hydrogen) atoms. The summed E-state index contributed by atoms with van der Waals surface area (Å²) in [5, 5.41) is 12.2. The Labute approximate surface area is 198 Å². The number of nitrogens with zero attached hydrogens (tertiary/aromatic N) is 1. The lowest BCUT2D eigenvalue weighted by Gasteiger charge is -2.34. The van der Waals surface area contributed by atoms with Gasteiger partial charge in [0.05, 0.1) is 17.2 Å². The molecule has 0 bridgehead atoms. The fraction of sp³-hybridized carbons (Fsp3) is 0.280. The molecule has 0 saturated carbocycles. The molecule has 1 fully saturated rings. The van der Waals surface area contributed by atoms with Crippen LogP contribution in [0.2, 0.25) is 0 Å². The lowest BCUT2D eigenvalue weighted by Crippen LogP contribution is -2.57.